The molecule has 0 aliphatic heterocycles. The molecule has 0 heterocycles. The molecular formula is C93H75N3O6. The van der Waals surface area contributed by atoms with Gasteiger partial charge in [0, 0.05) is 68.4 Å². The molecule has 0 aliphatic rings. The van der Waals surface area contributed by atoms with E-state index in [4.69, 9.17) is 14.2 Å². The number of fused-ring (bicyclic) bond motifs is 2. The Morgan fingerprint density at radius 1 is 0.275 bits per heavy atom. The quantitative estimate of drug-likeness (QED) is 0.0473. The van der Waals surface area contributed by atoms with E-state index in [1.54, 1.807) is 44.2 Å². The van der Waals surface area contributed by atoms with Gasteiger partial charge in [0.2, 0.25) is 0 Å². The largest absolute Gasteiger partial charge is 0.423 e. The molecule has 0 spiro atoms. The van der Waals surface area contributed by atoms with E-state index < -0.39 is 17.9 Å². The van der Waals surface area contributed by atoms with Gasteiger partial charge in [-0.05, 0) is 228 Å². The number of benzene rings is 14. The fraction of sp³-hybridized carbons (Fsp3) is 0.0430. The molecule has 0 unspecified atom stereocenters. The van der Waals surface area contributed by atoms with Crippen molar-refractivity contribution in [2.45, 2.75) is 27.7 Å². The smallest absolute Gasteiger partial charge is 0.338 e. The average Bonchev–Trinajstić information content (AvgIpc) is 0.802. The summed E-state index contributed by atoms with van der Waals surface area (Å²) in [5.41, 5.74) is 19.3. The minimum absolute atomic E-state index is 0.372. The summed E-state index contributed by atoms with van der Waals surface area (Å²) in [6, 6.07) is 116. The van der Waals surface area contributed by atoms with Gasteiger partial charge in [0.05, 0.1) is 0 Å². The highest BCUT2D eigenvalue weighted by Gasteiger charge is 2.18. The van der Waals surface area contributed by atoms with Crippen LogP contribution in [0.15, 0.2) is 377 Å². The molecule has 14 rings (SSSR count). The van der Waals surface area contributed by atoms with Crippen molar-refractivity contribution in [2.24, 2.45) is 0 Å². The molecule has 0 bridgehead atoms. The van der Waals surface area contributed by atoms with Gasteiger partial charge >= 0.3 is 17.9 Å². The van der Waals surface area contributed by atoms with E-state index in [2.05, 4.69) is 279 Å². The van der Waals surface area contributed by atoms with Gasteiger partial charge in [-0.3, -0.25) is 0 Å². The number of hydrogen-bond donors (Lipinski definition) is 0. The second-order valence-corrected chi connectivity index (χ2v) is 24.6. The van der Waals surface area contributed by atoms with Crippen LogP contribution in [0.5, 0.6) is 17.2 Å². The summed E-state index contributed by atoms with van der Waals surface area (Å²) in [5, 5.41) is 4.85. The minimum Gasteiger partial charge on any atom is -0.423 e. The first kappa shape index (κ1) is 68.6. The Morgan fingerprint density at radius 2 is 0.569 bits per heavy atom. The molecule has 0 amide bonds. The molecule has 0 saturated carbocycles. The Labute approximate surface area is 596 Å². The third-order valence-corrected chi connectivity index (χ3v) is 17.0. The van der Waals surface area contributed by atoms with E-state index in [0.717, 1.165) is 90.6 Å². The van der Waals surface area contributed by atoms with Gasteiger partial charge in [-0.15, -0.1) is 0 Å². The predicted molar refractivity (Wildman–Crippen MR) is 421 cm³/mol. The summed E-state index contributed by atoms with van der Waals surface area (Å²) >= 11 is 0. The highest BCUT2D eigenvalue weighted by molar-refractivity contribution is 5.93. The Hall–Kier alpha value is -13.4. The summed E-state index contributed by atoms with van der Waals surface area (Å²) in [7, 11) is 0. The van der Waals surface area contributed by atoms with Crippen molar-refractivity contribution in [1.29, 1.82) is 0 Å². The van der Waals surface area contributed by atoms with E-state index >= 15 is 0 Å². The number of carbonyl (C=O) groups is 3. The number of rotatable bonds is 18. The normalized spacial score (nSPS) is 10.6. The van der Waals surface area contributed by atoms with Crippen LogP contribution < -0.4 is 28.9 Å². The van der Waals surface area contributed by atoms with Crippen molar-refractivity contribution < 1.29 is 28.6 Å². The van der Waals surface area contributed by atoms with Crippen molar-refractivity contribution in [2.75, 3.05) is 14.7 Å². The zero-order chi connectivity index (χ0) is 70.9. The van der Waals surface area contributed by atoms with E-state index in [1.165, 1.54) is 32.7 Å². The molecular weight excluding hydrogens is 1260 g/mol. The van der Waals surface area contributed by atoms with Crippen LogP contribution in [0, 0.1) is 13.8 Å². The molecule has 0 atom stereocenters. The van der Waals surface area contributed by atoms with Crippen LogP contribution in [0.2, 0.25) is 0 Å². The number of esters is 3. The number of anilines is 9. The average molecular weight is 1330 g/mol. The zero-order valence-corrected chi connectivity index (χ0v) is 57.3. The van der Waals surface area contributed by atoms with E-state index in [1.807, 2.05) is 78.9 Å². The lowest BCUT2D eigenvalue weighted by atomic mass is 10.0. The summed E-state index contributed by atoms with van der Waals surface area (Å²) in [5.74, 6) is 0.199. The Balaban J connectivity index is 0.000000145. The van der Waals surface area contributed by atoms with Gasteiger partial charge in [0.15, 0.2) is 0 Å². The molecule has 102 heavy (non-hydrogen) atoms. The third kappa shape index (κ3) is 17.1. The standard InChI is InChI=1S/C33H27NO2.C32H25NO2.C28H23NO2/c1-23(2)33(35)36-32-20-13-27(14-21-32)26-10-17-30(18-11-26)34(29-15-8-24(3)9-16-29)31-19-12-25-6-4-5-7-28(25)22-31;1-3-32(34)35-31-20-13-26(14-21-31)25-10-17-29(18-11-25)33(28-15-8-23(2)9-16-28)30-19-12-24-6-4-5-7-27(24)22-30;1-21(2)28(30)31-27-15-9-10-23(20-27)22-16-18-26(19-17-22)29(24-11-5-3-6-12-24)25-13-7-4-8-14-25/h4-22H,1H2,2-3H3;3-22H,1H2,2H3;3-20H,1H2,2H3. The van der Waals surface area contributed by atoms with Crippen molar-refractivity contribution in [1.82, 2.24) is 0 Å². The summed E-state index contributed by atoms with van der Waals surface area (Å²) in [4.78, 5) is 41.8. The van der Waals surface area contributed by atoms with Crippen LogP contribution in [-0.2, 0) is 14.4 Å². The highest BCUT2D eigenvalue weighted by atomic mass is 16.5. The molecule has 0 N–H and O–H groups in total. The summed E-state index contributed by atoms with van der Waals surface area (Å²) < 4.78 is 15.9. The molecule has 0 radical (unpaired) electrons. The lowest BCUT2D eigenvalue weighted by Gasteiger charge is -2.26. The van der Waals surface area contributed by atoms with Crippen LogP contribution >= 0.6 is 0 Å². The highest BCUT2D eigenvalue weighted by Crippen LogP contribution is 2.41. The van der Waals surface area contributed by atoms with Gasteiger partial charge in [-0.2, -0.15) is 0 Å². The number of nitrogens with zero attached hydrogens (tertiary/aromatic N) is 3. The first-order valence-electron chi connectivity index (χ1n) is 33.5. The van der Waals surface area contributed by atoms with Crippen LogP contribution in [-0.4, -0.2) is 17.9 Å². The van der Waals surface area contributed by atoms with Gasteiger partial charge in [-0.25, -0.2) is 14.4 Å². The Kier molecular flexibility index (Phi) is 21.7. The monoisotopic (exact) mass is 1330 g/mol. The molecule has 9 heteroatoms. The second kappa shape index (κ2) is 32.3. The van der Waals surface area contributed by atoms with Crippen molar-refractivity contribution in [3.8, 4) is 50.6 Å². The van der Waals surface area contributed by atoms with Gasteiger partial charge in [0.1, 0.15) is 17.2 Å². The molecule has 0 aliphatic carbocycles. The minimum atomic E-state index is -0.466. The Morgan fingerprint density at radius 3 is 0.941 bits per heavy atom. The van der Waals surface area contributed by atoms with Crippen molar-refractivity contribution >= 4 is 90.6 Å². The molecule has 9 nitrogen and oxygen atoms in total. The van der Waals surface area contributed by atoms with E-state index in [-0.39, 0.29) is 0 Å². The molecule has 498 valence electrons. The number of carbonyl (C=O) groups excluding carboxylic acids is 3. The molecule has 0 saturated heterocycles. The van der Waals surface area contributed by atoms with Gasteiger partial charge in [0.25, 0.3) is 0 Å². The zero-order valence-electron chi connectivity index (χ0n) is 57.3. The fourth-order valence-electron chi connectivity index (χ4n) is 11.6. The van der Waals surface area contributed by atoms with Crippen LogP contribution in [0.3, 0.4) is 0 Å². The molecule has 0 aromatic heterocycles. The van der Waals surface area contributed by atoms with Crippen LogP contribution in [0.1, 0.15) is 25.0 Å². The van der Waals surface area contributed by atoms with Crippen molar-refractivity contribution in [3.05, 3.63) is 388 Å². The Bertz CT molecular complexity index is 5210. The first-order valence-corrected chi connectivity index (χ1v) is 33.5. The maximum absolute atomic E-state index is 11.8. The third-order valence-electron chi connectivity index (χ3n) is 17.0. The SMILES string of the molecule is C=C(C)C(=O)Oc1ccc(-c2ccc(N(c3ccc(C)cc3)c3ccc4ccccc4c3)cc2)cc1.C=C(C)C(=O)Oc1cccc(-c2ccc(N(c3ccccc3)c3ccccc3)cc2)c1.C=CC(=O)Oc1ccc(-c2ccc(N(c3ccc(C)cc3)c3ccc4ccccc4c3)cc2)cc1. The maximum atomic E-state index is 11.8. The molecule has 14 aromatic rings. The lowest BCUT2D eigenvalue weighted by molar-refractivity contribution is -0.130. The number of para-hydroxylation sites is 2. The van der Waals surface area contributed by atoms with Gasteiger partial charge < -0.3 is 28.9 Å². The van der Waals surface area contributed by atoms with Crippen LogP contribution in [0.25, 0.3) is 54.9 Å². The molecule has 0 fully saturated rings. The van der Waals surface area contributed by atoms with E-state index in [0.29, 0.717) is 28.4 Å². The predicted octanol–water partition coefficient (Wildman–Crippen LogP) is 24.4. The summed E-state index contributed by atoms with van der Waals surface area (Å²) in [6.45, 7) is 18.2. The lowest BCUT2D eigenvalue weighted by Crippen LogP contribution is -2.09. The topological polar surface area (TPSA) is 88.6 Å². The number of aryl methyl sites for hydroxylation is 2. The van der Waals surface area contributed by atoms with Crippen LogP contribution in [0.4, 0.5) is 51.2 Å². The first-order chi connectivity index (χ1) is 49.7. The fourth-order valence-corrected chi connectivity index (χ4v) is 11.6. The van der Waals surface area contributed by atoms with E-state index in [9.17, 15) is 14.4 Å². The number of ether oxygens (including phenoxy) is 3. The number of hydrogen-bond acceptors (Lipinski definition) is 9. The summed E-state index contributed by atoms with van der Waals surface area (Å²) in [6.07, 6.45) is 1.15. The maximum Gasteiger partial charge on any atom is 0.338 e. The second-order valence-electron chi connectivity index (χ2n) is 24.6. The van der Waals surface area contributed by atoms with Gasteiger partial charge in [-0.1, -0.05) is 225 Å². The van der Waals surface area contributed by atoms with Crippen molar-refractivity contribution in [3.63, 3.8) is 0 Å². The molecule has 14 aromatic carbocycles.